The molecule has 3 rings (SSSR count). The first-order chi connectivity index (χ1) is 17.3. The largest absolute Gasteiger partial charge is 0.416 e. The van der Waals surface area contributed by atoms with E-state index >= 15 is 0 Å². The lowest BCUT2D eigenvalue weighted by Crippen LogP contribution is -2.32. The number of carbonyl (C=O) groups excluding carboxylic acids is 2. The summed E-state index contributed by atoms with van der Waals surface area (Å²) in [6.07, 6.45) is -4.59. The predicted octanol–water partition coefficient (Wildman–Crippen LogP) is 5.24. The number of aromatic nitrogens is 3. The van der Waals surface area contributed by atoms with Crippen LogP contribution < -0.4 is 10.6 Å². The molecule has 1 atom stereocenters. The van der Waals surface area contributed by atoms with Crippen LogP contribution in [0.5, 0.6) is 0 Å². The maximum atomic E-state index is 12.9. The van der Waals surface area contributed by atoms with Gasteiger partial charge in [0, 0.05) is 17.7 Å². The Morgan fingerprint density at radius 3 is 2.59 bits per heavy atom. The summed E-state index contributed by atoms with van der Waals surface area (Å²) in [4.78, 5) is 39.6. The third-order valence-electron chi connectivity index (χ3n) is 4.95. The first kappa shape index (κ1) is 27.9. The van der Waals surface area contributed by atoms with Crippen molar-refractivity contribution in [1.29, 1.82) is 0 Å². The number of nitrogens with one attached hydrogen (secondary N) is 3. The second kappa shape index (κ2) is 11.6. The van der Waals surface area contributed by atoms with Gasteiger partial charge in [0.1, 0.15) is 5.82 Å². The molecule has 196 valence electrons. The van der Waals surface area contributed by atoms with Crippen LogP contribution in [-0.2, 0) is 11.0 Å². The van der Waals surface area contributed by atoms with Gasteiger partial charge in [-0.25, -0.2) is 4.98 Å². The topological polar surface area (TPSA) is 143 Å². The van der Waals surface area contributed by atoms with Crippen LogP contribution in [0.4, 0.5) is 24.5 Å². The van der Waals surface area contributed by atoms with Crippen molar-refractivity contribution in [3.63, 3.8) is 0 Å². The molecule has 0 aliphatic heterocycles. The number of anilines is 1. The number of halogens is 4. The number of benzene rings is 2. The van der Waals surface area contributed by atoms with Crippen molar-refractivity contribution in [3.05, 3.63) is 74.6 Å². The highest BCUT2D eigenvalue weighted by atomic mass is 35.5. The zero-order valence-electron chi connectivity index (χ0n) is 19.3. The first-order valence-corrected chi connectivity index (χ1v) is 12.0. The zero-order chi connectivity index (χ0) is 27.3. The van der Waals surface area contributed by atoms with Gasteiger partial charge >= 0.3 is 6.18 Å². The number of nitrogens with zero attached hydrogens (tertiary/aromatic N) is 3. The SMILES string of the molecule is CC(C)[C@H](NC(=O)c1cccc([N+](=O)[O-])c1)c1nc(SCC(=O)Nc2cc(C(F)(F)F)ccc2Cl)n[nH]1. The van der Waals surface area contributed by atoms with Crippen LogP contribution in [0.3, 0.4) is 0 Å². The number of rotatable bonds is 9. The lowest BCUT2D eigenvalue weighted by molar-refractivity contribution is -0.384. The summed E-state index contributed by atoms with van der Waals surface area (Å²) in [6, 6.07) is 7.23. The van der Waals surface area contributed by atoms with E-state index < -0.39 is 34.5 Å². The molecule has 10 nitrogen and oxygen atoms in total. The van der Waals surface area contributed by atoms with Crippen molar-refractivity contribution >= 4 is 46.6 Å². The highest BCUT2D eigenvalue weighted by molar-refractivity contribution is 7.99. The van der Waals surface area contributed by atoms with Gasteiger partial charge in [-0.15, -0.1) is 5.10 Å². The Bertz CT molecular complexity index is 1320. The summed E-state index contributed by atoms with van der Waals surface area (Å²) in [5, 5.41) is 22.9. The van der Waals surface area contributed by atoms with E-state index in [9.17, 15) is 32.9 Å². The van der Waals surface area contributed by atoms with Crippen molar-refractivity contribution in [3.8, 4) is 0 Å². The van der Waals surface area contributed by atoms with Gasteiger partial charge in [-0.1, -0.05) is 43.3 Å². The Kier molecular flexibility index (Phi) is 8.76. The quantitative estimate of drug-likeness (QED) is 0.186. The molecule has 0 unspecified atom stereocenters. The molecule has 2 amide bonds. The fourth-order valence-electron chi connectivity index (χ4n) is 3.11. The van der Waals surface area contributed by atoms with Crippen molar-refractivity contribution in [2.75, 3.05) is 11.1 Å². The fourth-order valence-corrected chi connectivity index (χ4v) is 3.88. The summed E-state index contributed by atoms with van der Waals surface area (Å²) in [7, 11) is 0. The number of thioether (sulfide) groups is 1. The van der Waals surface area contributed by atoms with Gasteiger partial charge in [-0.05, 0) is 30.2 Å². The minimum absolute atomic E-state index is 0.0502. The van der Waals surface area contributed by atoms with Crippen molar-refractivity contribution in [2.24, 2.45) is 5.92 Å². The number of nitro groups is 1. The first-order valence-electron chi connectivity index (χ1n) is 10.6. The molecular formula is C22H20ClF3N6O4S. The van der Waals surface area contributed by atoms with E-state index in [-0.39, 0.29) is 44.6 Å². The Labute approximate surface area is 217 Å². The highest BCUT2D eigenvalue weighted by Gasteiger charge is 2.31. The van der Waals surface area contributed by atoms with Crippen LogP contribution in [0, 0.1) is 16.0 Å². The maximum Gasteiger partial charge on any atom is 0.416 e. The molecule has 3 aromatic rings. The van der Waals surface area contributed by atoms with Gasteiger partial charge in [0.05, 0.1) is 33.0 Å². The molecule has 0 saturated heterocycles. The second-order valence-corrected chi connectivity index (χ2v) is 9.38. The number of non-ortho nitro benzene ring substituents is 1. The standard InChI is InChI=1S/C22H20ClF3N6O4S/c1-11(2)18(28-20(34)12-4-3-5-14(8-12)32(35)36)19-29-21(31-30-19)37-10-17(33)27-16-9-13(22(24,25)26)6-7-15(16)23/h3-9,11,18H,10H2,1-2H3,(H,27,33)(H,28,34)(H,29,30,31)/t18-/m0/s1. The number of nitro benzene ring substituents is 1. The molecule has 2 aromatic carbocycles. The molecule has 0 bridgehead atoms. The lowest BCUT2D eigenvalue weighted by atomic mass is 10.0. The average molecular weight is 557 g/mol. The molecule has 0 saturated carbocycles. The molecular weight excluding hydrogens is 537 g/mol. The zero-order valence-corrected chi connectivity index (χ0v) is 20.9. The molecule has 15 heteroatoms. The van der Waals surface area contributed by atoms with Gasteiger partial charge in [0.25, 0.3) is 11.6 Å². The Balaban J connectivity index is 1.64. The number of H-pyrrole nitrogens is 1. The van der Waals surface area contributed by atoms with E-state index in [1.807, 2.05) is 13.8 Å². The van der Waals surface area contributed by atoms with Crippen LogP contribution in [0.2, 0.25) is 5.02 Å². The monoisotopic (exact) mass is 556 g/mol. The average Bonchev–Trinajstić information content (AvgIpc) is 3.30. The molecule has 37 heavy (non-hydrogen) atoms. The number of alkyl halides is 3. The van der Waals surface area contributed by atoms with E-state index in [1.54, 1.807) is 0 Å². The second-order valence-electron chi connectivity index (χ2n) is 8.04. The summed E-state index contributed by atoms with van der Waals surface area (Å²) in [6.45, 7) is 3.64. The summed E-state index contributed by atoms with van der Waals surface area (Å²) >= 11 is 6.81. The van der Waals surface area contributed by atoms with E-state index in [4.69, 9.17) is 11.6 Å². The number of aromatic amines is 1. The van der Waals surface area contributed by atoms with Gasteiger partial charge in [0.15, 0.2) is 0 Å². The predicted molar refractivity (Wildman–Crippen MR) is 130 cm³/mol. The Hall–Kier alpha value is -3.65. The van der Waals surface area contributed by atoms with Crippen LogP contribution in [-0.4, -0.2) is 37.7 Å². The Morgan fingerprint density at radius 1 is 1.22 bits per heavy atom. The lowest BCUT2D eigenvalue weighted by Gasteiger charge is -2.19. The number of hydrogen-bond donors (Lipinski definition) is 3. The number of carbonyl (C=O) groups is 2. The molecule has 0 fully saturated rings. The third kappa shape index (κ3) is 7.43. The van der Waals surface area contributed by atoms with Crippen LogP contribution in [0.15, 0.2) is 47.6 Å². The van der Waals surface area contributed by atoms with Crippen LogP contribution >= 0.6 is 23.4 Å². The van der Waals surface area contributed by atoms with E-state index in [0.29, 0.717) is 0 Å². The molecule has 3 N–H and O–H groups in total. The van der Waals surface area contributed by atoms with E-state index in [0.717, 1.165) is 36.0 Å². The minimum Gasteiger partial charge on any atom is -0.342 e. The third-order valence-corrected chi connectivity index (χ3v) is 6.13. The molecule has 1 aromatic heterocycles. The molecule has 0 aliphatic rings. The van der Waals surface area contributed by atoms with Crippen molar-refractivity contribution < 1.29 is 27.7 Å². The molecule has 0 spiro atoms. The van der Waals surface area contributed by atoms with E-state index in [1.165, 1.54) is 18.2 Å². The summed E-state index contributed by atoms with van der Waals surface area (Å²) in [5.41, 5.74) is -1.26. The number of hydrogen-bond acceptors (Lipinski definition) is 7. The van der Waals surface area contributed by atoms with Gasteiger partial charge in [-0.3, -0.25) is 24.8 Å². The normalized spacial score (nSPS) is 12.3. The van der Waals surface area contributed by atoms with Crippen LogP contribution in [0.25, 0.3) is 0 Å². The Morgan fingerprint density at radius 2 is 1.95 bits per heavy atom. The van der Waals surface area contributed by atoms with Gasteiger partial charge in [0.2, 0.25) is 11.1 Å². The molecule has 0 aliphatic carbocycles. The van der Waals surface area contributed by atoms with Gasteiger partial charge < -0.3 is 10.6 Å². The summed E-state index contributed by atoms with van der Waals surface area (Å²) < 4.78 is 38.8. The smallest absolute Gasteiger partial charge is 0.342 e. The van der Waals surface area contributed by atoms with Gasteiger partial charge in [-0.2, -0.15) is 13.2 Å². The van der Waals surface area contributed by atoms with Crippen molar-refractivity contribution in [2.45, 2.75) is 31.2 Å². The maximum absolute atomic E-state index is 12.9. The minimum atomic E-state index is -4.59. The highest BCUT2D eigenvalue weighted by Crippen LogP contribution is 2.34. The van der Waals surface area contributed by atoms with E-state index in [2.05, 4.69) is 25.8 Å². The molecule has 0 radical (unpaired) electrons. The number of amides is 2. The molecule has 1 heterocycles. The van der Waals surface area contributed by atoms with Crippen molar-refractivity contribution in [1.82, 2.24) is 20.5 Å². The fraction of sp³-hybridized carbons (Fsp3) is 0.273. The van der Waals surface area contributed by atoms with Crippen LogP contribution in [0.1, 0.15) is 41.6 Å². The summed E-state index contributed by atoms with van der Waals surface area (Å²) in [5.74, 6) is -1.27.